The summed E-state index contributed by atoms with van der Waals surface area (Å²) < 4.78 is 26.4. The molecule has 0 saturated heterocycles. The van der Waals surface area contributed by atoms with Crippen LogP contribution < -0.4 is 5.32 Å². The first-order chi connectivity index (χ1) is 11.4. The molecule has 0 saturated carbocycles. The molecule has 0 aliphatic heterocycles. The normalized spacial score (nSPS) is 11.2. The second kappa shape index (κ2) is 7.51. The second-order valence-electron chi connectivity index (χ2n) is 5.57. The summed E-state index contributed by atoms with van der Waals surface area (Å²) in [5.74, 6) is -2.02. The van der Waals surface area contributed by atoms with Gasteiger partial charge in [0.2, 0.25) is 0 Å². The van der Waals surface area contributed by atoms with Crippen LogP contribution in [0.25, 0.3) is 6.08 Å². The molecular weight excluding hydrogens is 310 g/mol. The number of nitrogens with zero attached hydrogens (tertiary/aromatic N) is 1. The number of carbonyl (C=O) groups is 1. The smallest absolute Gasteiger partial charge is 0.266 e. The minimum Gasteiger partial charge on any atom is -0.319 e. The van der Waals surface area contributed by atoms with Crippen LogP contribution in [-0.4, -0.2) is 5.91 Å². The van der Waals surface area contributed by atoms with Gasteiger partial charge < -0.3 is 5.32 Å². The van der Waals surface area contributed by atoms with E-state index in [4.69, 9.17) is 5.26 Å². The van der Waals surface area contributed by atoms with Crippen LogP contribution in [0.4, 0.5) is 14.5 Å². The minimum atomic E-state index is -0.901. The Morgan fingerprint density at radius 1 is 1.17 bits per heavy atom. The maximum Gasteiger partial charge on any atom is 0.266 e. The molecular formula is C19H16F2N2O. The lowest BCUT2D eigenvalue weighted by Crippen LogP contribution is -2.14. The molecule has 0 radical (unpaired) electrons. The van der Waals surface area contributed by atoms with E-state index in [1.54, 1.807) is 18.2 Å². The van der Waals surface area contributed by atoms with Crippen molar-refractivity contribution in [1.82, 2.24) is 0 Å². The molecule has 1 N–H and O–H groups in total. The summed E-state index contributed by atoms with van der Waals surface area (Å²) in [4.78, 5) is 12.1. The molecule has 0 bridgehead atoms. The van der Waals surface area contributed by atoms with Crippen molar-refractivity contribution >= 4 is 17.7 Å². The first kappa shape index (κ1) is 17.4. The van der Waals surface area contributed by atoms with Gasteiger partial charge in [-0.2, -0.15) is 5.26 Å². The van der Waals surface area contributed by atoms with Gasteiger partial charge in [-0.1, -0.05) is 38.1 Å². The fourth-order valence-electron chi connectivity index (χ4n) is 2.07. The summed E-state index contributed by atoms with van der Waals surface area (Å²) in [5, 5.41) is 11.4. The zero-order valence-electron chi connectivity index (χ0n) is 13.3. The zero-order valence-corrected chi connectivity index (χ0v) is 13.3. The Morgan fingerprint density at radius 3 is 2.38 bits per heavy atom. The largest absolute Gasteiger partial charge is 0.319 e. The number of amides is 1. The van der Waals surface area contributed by atoms with E-state index in [9.17, 15) is 13.6 Å². The van der Waals surface area contributed by atoms with Gasteiger partial charge in [-0.25, -0.2) is 8.78 Å². The van der Waals surface area contributed by atoms with E-state index in [2.05, 4.69) is 19.2 Å². The van der Waals surface area contributed by atoms with E-state index in [1.807, 2.05) is 12.1 Å². The molecule has 2 rings (SSSR count). The summed E-state index contributed by atoms with van der Waals surface area (Å²) in [7, 11) is 0. The van der Waals surface area contributed by atoms with Crippen molar-refractivity contribution in [2.75, 3.05) is 5.32 Å². The molecule has 0 aliphatic carbocycles. The molecule has 0 spiro atoms. The van der Waals surface area contributed by atoms with Gasteiger partial charge >= 0.3 is 0 Å². The fourth-order valence-corrected chi connectivity index (χ4v) is 2.07. The van der Waals surface area contributed by atoms with Crippen LogP contribution in [0.15, 0.2) is 48.0 Å². The topological polar surface area (TPSA) is 52.9 Å². The first-order valence-corrected chi connectivity index (χ1v) is 7.39. The highest BCUT2D eigenvalue weighted by molar-refractivity contribution is 6.09. The van der Waals surface area contributed by atoms with Crippen molar-refractivity contribution in [1.29, 1.82) is 5.26 Å². The van der Waals surface area contributed by atoms with Crippen molar-refractivity contribution in [2.45, 2.75) is 19.8 Å². The quantitative estimate of drug-likeness (QED) is 0.657. The summed E-state index contributed by atoms with van der Waals surface area (Å²) >= 11 is 0. The number of halogens is 2. The Labute approximate surface area is 139 Å². The van der Waals surface area contributed by atoms with Gasteiger partial charge in [-0.05, 0) is 35.3 Å². The number of rotatable bonds is 4. The Bertz CT molecular complexity index is 818. The number of nitriles is 1. The summed E-state index contributed by atoms with van der Waals surface area (Å²) in [6.45, 7) is 4.13. The Kier molecular flexibility index (Phi) is 5.43. The van der Waals surface area contributed by atoms with E-state index in [0.717, 1.165) is 17.7 Å². The van der Waals surface area contributed by atoms with E-state index >= 15 is 0 Å². The maximum atomic E-state index is 13.6. The van der Waals surface area contributed by atoms with Gasteiger partial charge in [0.1, 0.15) is 23.3 Å². The monoisotopic (exact) mass is 326 g/mol. The first-order valence-electron chi connectivity index (χ1n) is 7.39. The highest BCUT2D eigenvalue weighted by Crippen LogP contribution is 2.18. The standard InChI is InChI=1S/C19H16F2N2O/c1-12(2)14-5-3-13(4-6-14)9-15(11-22)19(24)23-18-8-7-16(20)10-17(18)21/h3-10,12H,1-2H3,(H,23,24)/b15-9+. The second-order valence-corrected chi connectivity index (χ2v) is 5.57. The molecule has 5 heteroatoms. The number of hydrogen-bond acceptors (Lipinski definition) is 2. The Morgan fingerprint density at radius 2 is 1.83 bits per heavy atom. The van der Waals surface area contributed by atoms with Gasteiger partial charge in [-0.3, -0.25) is 4.79 Å². The van der Waals surface area contributed by atoms with E-state index in [-0.39, 0.29) is 11.3 Å². The average Bonchev–Trinajstić information content (AvgIpc) is 2.55. The molecule has 1 amide bonds. The third-order valence-corrected chi connectivity index (χ3v) is 3.46. The van der Waals surface area contributed by atoms with Crippen molar-refractivity contribution in [3.05, 3.63) is 70.8 Å². The molecule has 2 aromatic carbocycles. The van der Waals surface area contributed by atoms with Crippen LogP contribution in [0.2, 0.25) is 0 Å². The van der Waals surface area contributed by atoms with Crippen molar-refractivity contribution in [3.8, 4) is 6.07 Å². The van der Waals surface area contributed by atoms with Gasteiger partial charge in [0.15, 0.2) is 0 Å². The number of nitrogens with one attached hydrogen (secondary N) is 1. The van der Waals surface area contributed by atoms with Crippen LogP contribution in [-0.2, 0) is 4.79 Å². The third-order valence-electron chi connectivity index (χ3n) is 3.46. The lowest BCUT2D eigenvalue weighted by atomic mass is 10.0. The van der Waals surface area contributed by atoms with Crippen LogP contribution in [0.1, 0.15) is 30.9 Å². The van der Waals surface area contributed by atoms with E-state index in [0.29, 0.717) is 17.5 Å². The van der Waals surface area contributed by atoms with Crippen LogP contribution >= 0.6 is 0 Å². The Hall–Kier alpha value is -3.00. The van der Waals surface area contributed by atoms with Crippen LogP contribution in [0.3, 0.4) is 0 Å². The molecule has 2 aromatic rings. The van der Waals surface area contributed by atoms with Crippen molar-refractivity contribution < 1.29 is 13.6 Å². The molecule has 0 unspecified atom stereocenters. The van der Waals surface area contributed by atoms with Crippen molar-refractivity contribution in [3.63, 3.8) is 0 Å². The predicted octanol–water partition coefficient (Wildman–Crippen LogP) is 4.63. The zero-order chi connectivity index (χ0) is 17.7. The minimum absolute atomic E-state index is 0.170. The van der Waals surface area contributed by atoms with Gasteiger partial charge in [-0.15, -0.1) is 0 Å². The van der Waals surface area contributed by atoms with Gasteiger partial charge in [0, 0.05) is 6.07 Å². The number of benzene rings is 2. The predicted molar refractivity (Wildman–Crippen MR) is 89.1 cm³/mol. The molecule has 3 nitrogen and oxygen atoms in total. The molecule has 0 aromatic heterocycles. The molecule has 0 fully saturated rings. The van der Waals surface area contributed by atoms with Gasteiger partial charge in [0.25, 0.3) is 5.91 Å². The summed E-state index contributed by atoms with van der Waals surface area (Å²) in [6, 6.07) is 12.0. The van der Waals surface area contributed by atoms with Gasteiger partial charge in [0.05, 0.1) is 5.69 Å². The molecule has 0 atom stereocenters. The summed E-state index contributed by atoms with van der Waals surface area (Å²) in [5.41, 5.74) is 1.47. The summed E-state index contributed by atoms with van der Waals surface area (Å²) in [6.07, 6.45) is 1.42. The maximum absolute atomic E-state index is 13.6. The fraction of sp³-hybridized carbons (Fsp3) is 0.158. The van der Waals surface area contributed by atoms with E-state index < -0.39 is 17.5 Å². The highest BCUT2D eigenvalue weighted by atomic mass is 19.1. The molecule has 0 heterocycles. The SMILES string of the molecule is CC(C)c1ccc(/C=C(\C#N)C(=O)Nc2ccc(F)cc2F)cc1. The average molecular weight is 326 g/mol. The molecule has 24 heavy (non-hydrogen) atoms. The number of anilines is 1. The lowest BCUT2D eigenvalue weighted by Gasteiger charge is -2.07. The Balaban J connectivity index is 2.20. The highest BCUT2D eigenvalue weighted by Gasteiger charge is 2.12. The lowest BCUT2D eigenvalue weighted by molar-refractivity contribution is -0.112. The number of carbonyl (C=O) groups excluding carboxylic acids is 1. The van der Waals surface area contributed by atoms with Crippen molar-refractivity contribution in [2.24, 2.45) is 0 Å². The van der Waals surface area contributed by atoms with Crippen LogP contribution in [0.5, 0.6) is 0 Å². The third kappa shape index (κ3) is 4.26. The number of hydrogen-bond donors (Lipinski definition) is 1. The van der Waals surface area contributed by atoms with E-state index in [1.165, 1.54) is 6.08 Å². The van der Waals surface area contributed by atoms with Crippen LogP contribution in [0, 0.1) is 23.0 Å². The molecule has 122 valence electrons. The molecule has 0 aliphatic rings.